The van der Waals surface area contributed by atoms with E-state index in [1.807, 2.05) is 0 Å². The second kappa shape index (κ2) is 5.83. The molecule has 0 spiro atoms. The summed E-state index contributed by atoms with van der Waals surface area (Å²) in [5.74, 6) is -0.479. The SMILES string of the molecule is Cc1cc(F)cc(Nc2cc(N)ccc2C(=O)N(C)C)c1. The van der Waals surface area contributed by atoms with E-state index < -0.39 is 0 Å². The van der Waals surface area contributed by atoms with Gasteiger partial charge in [-0.25, -0.2) is 4.39 Å². The van der Waals surface area contributed by atoms with Gasteiger partial charge in [-0.15, -0.1) is 0 Å². The van der Waals surface area contributed by atoms with Crippen molar-refractivity contribution in [3.63, 3.8) is 0 Å². The zero-order chi connectivity index (χ0) is 15.6. The lowest BCUT2D eigenvalue weighted by atomic mass is 10.1. The molecule has 0 aliphatic carbocycles. The predicted octanol–water partition coefficient (Wildman–Crippen LogP) is 3.16. The van der Waals surface area contributed by atoms with Gasteiger partial charge in [0.15, 0.2) is 0 Å². The van der Waals surface area contributed by atoms with Crippen molar-refractivity contribution in [2.75, 3.05) is 25.1 Å². The number of anilines is 3. The first-order valence-corrected chi connectivity index (χ1v) is 6.52. The van der Waals surface area contributed by atoms with Crippen molar-refractivity contribution in [2.45, 2.75) is 6.92 Å². The largest absolute Gasteiger partial charge is 0.399 e. The van der Waals surface area contributed by atoms with Gasteiger partial charge in [-0.05, 0) is 48.9 Å². The molecule has 0 aliphatic heterocycles. The number of rotatable bonds is 3. The van der Waals surface area contributed by atoms with Gasteiger partial charge in [-0.1, -0.05) is 0 Å². The van der Waals surface area contributed by atoms with Crippen molar-refractivity contribution in [3.05, 3.63) is 53.3 Å². The Morgan fingerprint density at radius 1 is 1.19 bits per heavy atom. The minimum absolute atomic E-state index is 0.148. The number of nitrogens with two attached hydrogens (primary N) is 1. The second-order valence-corrected chi connectivity index (χ2v) is 5.15. The number of nitrogens with one attached hydrogen (secondary N) is 1. The molecule has 2 rings (SSSR count). The highest BCUT2D eigenvalue weighted by molar-refractivity contribution is 6.00. The third-order valence-corrected chi connectivity index (χ3v) is 3.00. The molecule has 4 nitrogen and oxygen atoms in total. The van der Waals surface area contributed by atoms with Crippen LogP contribution in [0.15, 0.2) is 36.4 Å². The van der Waals surface area contributed by atoms with Crippen molar-refractivity contribution in [1.29, 1.82) is 0 Å². The van der Waals surface area contributed by atoms with Gasteiger partial charge in [0.1, 0.15) is 5.82 Å². The molecule has 0 bridgehead atoms. The molecular formula is C16H18FN3O. The number of benzene rings is 2. The van der Waals surface area contributed by atoms with E-state index in [1.54, 1.807) is 45.3 Å². The third-order valence-electron chi connectivity index (χ3n) is 3.00. The molecule has 0 fully saturated rings. The summed E-state index contributed by atoms with van der Waals surface area (Å²) in [6, 6.07) is 9.61. The van der Waals surface area contributed by atoms with Crippen LogP contribution < -0.4 is 11.1 Å². The van der Waals surface area contributed by atoms with Crippen LogP contribution in [0.2, 0.25) is 0 Å². The highest BCUT2D eigenvalue weighted by Gasteiger charge is 2.14. The number of nitrogen functional groups attached to an aromatic ring is 1. The van der Waals surface area contributed by atoms with Crippen LogP contribution in [0.4, 0.5) is 21.5 Å². The topological polar surface area (TPSA) is 58.4 Å². The van der Waals surface area contributed by atoms with Crippen molar-refractivity contribution < 1.29 is 9.18 Å². The zero-order valence-electron chi connectivity index (χ0n) is 12.3. The lowest BCUT2D eigenvalue weighted by molar-refractivity contribution is 0.0828. The second-order valence-electron chi connectivity index (χ2n) is 5.15. The maximum atomic E-state index is 13.5. The Kier molecular flexibility index (Phi) is 4.12. The lowest BCUT2D eigenvalue weighted by Crippen LogP contribution is -2.22. The highest BCUT2D eigenvalue weighted by Crippen LogP contribution is 2.25. The molecule has 0 aromatic heterocycles. The fourth-order valence-electron chi connectivity index (χ4n) is 2.06. The summed E-state index contributed by atoms with van der Waals surface area (Å²) in [5, 5.41) is 3.06. The normalized spacial score (nSPS) is 10.3. The summed E-state index contributed by atoms with van der Waals surface area (Å²) in [6.07, 6.45) is 0. The highest BCUT2D eigenvalue weighted by atomic mass is 19.1. The molecule has 0 unspecified atom stereocenters. The van der Waals surface area contributed by atoms with Crippen LogP contribution in [0, 0.1) is 12.7 Å². The fraction of sp³-hybridized carbons (Fsp3) is 0.188. The number of carbonyl (C=O) groups excluding carboxylic acids is 1. The van der Waals surface area contributed by atoms with Crippen LogP contribution in [0.3, 0.4) is 0 Å². The molecule has 0 saturated carbocycles. The average molecular weight is 287 g/mol. The van der Waals surface area contributed by atoms with Gasteiger partial charge in [0, 0.05) is 25.5 Å². The van der Waals surface area contributed by atoms with Gasteiger partial charge in [0.05, 0.1) is 11.3 Å². The van der Waals surface area contributed by atoms with Crippen LogP contribution in [0.5, 0.6) is 0 Å². The number of nitrogens with zero attached hydrogens (tertiary/aromatic N) is 1. The summed E-state index contributed by atoms with van der Waals surface area (Å²) in [5.41, 5.74) is 8.71. The molecule has 21 heavy (non-hydrogen) atoms. The monoisotopic (exact) mass is 287 g/mol. The first-order chi connectivity index (χ1) is 9.86. The van der Waals surface area contributed by atoms with Gasteiger partial charge in [-0.3, -0.25) is 4.79 Å². The van der Waals surface area contributed by atoms with Gasteiger partial charge >= 0.3 is 0 Å². The molecule has 0 heterocycles. The molecule has 0 aliphatic rings. The van der Waals surface area contributed by atoms with E-state index in [2.05, 4.69) is 5.32 Å². The molecule has 0 atom stereocenters. The molecule has 0 saturated heterocycles. The lowest BCUT2D eigenvalue weighted by Gasteiger charge is -2.16. The molecule has 0 radical (unpaired) electrons. The van der Waals surface area contributed by atoms with E-state index in [0.29, 0.717) is 22.6 Å². The Morgan fingerprint density at radius 2 is 1.90 bits per heavy atom. The van der Waals surface area contributed by atoms with Crippen molar-refractivity contribution >= 4 is 23.0 Å². The first kappa shape index (κ1) is 14.8. The summed E-state index contributed by atoms with van der Waals surface area (Å²) in [6.45, 7) is 1.81. The quantitative estimate of drug-likeness (QED) is 0.853. The molecule has 5 heteroatoms. The molecule has 2 aromatic rings. The maximum Gasteiger partial charge on any atom is 0.255 e. The van der Waals surface area contributed by atoms with Crippen LogP contribution in [0.25, 0.3) is 0 Å². The van der Waals surface area contributed by atoms with Gasteiger partial charge in [0.25, 0.3) is 5.91 Å². The maximum absolute atomic E-state index is 13.5. The smallest absolute Gasteiger partial charge is 0.255 e. The van der Waals surface area contributed by atoms with E-state index in [-0.39, 0.29) is 11.7 Å². The molecule has 3 N–H and O–H groups in total. The standard InChI is InChI=1S/C16H18FN3O/c1-10-6-11(17)8-13(7-10)19-15-9-12(18)4-5-14(15)16(21)20(2)3/h4-9,19H,18H2,1-3H3. The minimum Gasteiger partial charge on any atom is -0.399 e. The Bertz CT molecular complexity index is 663. The van der Waals surface area contributed by atoms with Crippen LogP contribution in [-0.2, 0) is 0 Å². The van der Waals surface area contributed by atoms with E-state index in [1.165, 1.54) is 17.0 Å². The predicted molar refractivity (Wildman–Crippen MR) is 83.3 cm³/mol. The van der Waals surface area contributed by atoms with E-state index >= 15 is 0 Å². The Balaban J connectivity index is 2.43. The number of hydrogen-bond donors (Lipinski definition) is 2. The van der Waals surface area contributed by atoms with Gasteiger partial charge in [-0.2, -0.15) is 0 Å². The van der Waals surface area contributed by atoms with Gasteiger partial charge < -0.3 is 16.0 Å². The van der Waals surface area contributed by atoms with Gasteiger partial charge in [0.2, 0.25) is 0 Å². The summed E-state index contributed by atoms with van der Waals surface area (Å²) in [7, 11) is 3.35. The number of amides is 1. The van der Waals surface area contributed by atoms with Crippen molar-refractivity contribution in [2.24, 2.45) is 0 Å². The summed E-state index contributed by atoms with van der Waals surface area (Å²) < 4.78 is 13.5. The fourth-order valence-corrected chi connectivity index (χ4v) is 2.06. The summed E-state index contributed by atoms with van der Waals surface area (Å²) >= 11 is 0. The van der Waals surface area contributed by atoms with Crippen molar-refractivity contribution in [1.82, 2.24) is 4.90 Å². The number of carbonyl (C=O) groups is 1. The minimum atomic E-state index is -0.332. The molecule has 110 valence electrons. The van der Waals surface area contributed by atoms with Crippen molar-refractivity contribution in [3.8, 4) is 0 Å². The Morgan fingerprint density at radius 3 is 2.52 bits per heavy atom. The zero-order valence-corrected chi connectivity index (χ0v) is 12.3. The number of aryl methyl sites for hydroxylation is 1. The van der Waals surface area contributed by atoms with E-state index in [0.717, 1.165) is 5.56 Å². The average Bonchev–Trinajstić information content (AvgIpc) is 2.36. The summed E-state index contributed by atoms with van der Waals surface area (Å²) in [4.78, 5) is 13.7. The number of halogens is 1. The van der Waals surface area contributed by atoms with Crippen LogP contribution >= 0.6 is 0 Å². The Hall–Kier alpha value is -2.56. The molecule has 2 aromatic carbocycles. The van der Waals surface area contributed by atoms with E-state index in [4.69, 9.17) is 5.73 Å². The van der Waals surface area contributed by atoms with E-state index in [9.17, 15) is 9.18 Å². The van der Waals surface area contributed by atoms with Crippen LogP contribution in [-0.4, -0.2) is 24.9 Å². The van der Waals surface area contributed by atoms with Crippen LogP contribution in [0.1, 0.15) is 15.9 Å². The third kappa shape index (κ3) is 3.51. The number of hydrogen-bond acceptors (Lipinski definition) is 3. The molecule has 1 amide bonds. The Labute approximate surface area is 123 Å². The first-order valence-electron chi connectivity index (χ1n) is 6.52. The molecular weight excluding hydrogens is 269 g/mol.